The maximum atomic E-state index is 2.42. The molecule has 0 saturated heterocycles. The van der Waals surface area contributed by atoms with Crippen LogP contribution in [0.4, 0.5) is 0 Å². The third-order valence-corrected chi connectivity index (χ3v) is 9.90. The summed E-state index contributed by atoms with van der Waals surface area (Å²) >= 11 is 0. The van der Waals surface area contributed by atoms with Crippen LogP contribution in [0, 0.1) is 0 Å². The zero-order valence-corrected chi connectivity index (χ0v) is 26.4. The Morgan fingerprint density at radius 3 is 1.41 bits per heavy atom. The van der Waals surface area contributed by atoms with Gasteiger partial charge >= 0.3 is 0 Å². The molecule has 0 bridgehead atoms. The second-order valence-corrected chi connectivity index (χ2v) is 13.7. The minimum absolute atomic E-state index is 0.0101. The van der Waals surface area contributed by atoms with Gasteiger partial charge in [-0.2, -0.15) is 0 Å². The number of rotatable bonds is 3. The van der Waals surface area contributed by atoms with Gasteiger partial charge in [-0.3, -0.25) is 0 Å². The summed E-state index contributed by atoms with van der Waals surface area (Å²) in [6.45, 7) is 7.00. The average Bonchev–Trinajstić information content (AvgIpc) is 3.42. The van der Waals surface area contributed by atoms with Crippen LogP contribution >= 0.6 is 0 Å². The summed E-state index contributed by atoms with van der Waals surface area (Å²) in [4.78, 5) is 0. The van der Waals surface area contributed by atoms with Crippen molar-refractivity contribution < 1.29 is 0 Å². The van der Waals surface area contributed by atoms with Crippen molar-refractivity contribution in [3.63, 3.8) is 0 Å². The standard InChI is InChI=1S/C46H34/c1-46(2,3)40-28-32-20-11-10-19-31(32)27-39(40)33-25-26-38-43-34(33)23-14-24-37(43)44-41(29-15-6-4-7-16-29)35-21-12-13-22-36(35)42(45(38)44)30-17-8-5-9-18-30/h4-28H,1-3H3. The van der Waals surface area contributed by atoms with Gasteiger partial charge in [-0.25, -0.2) is 0 Å². The van der Waals surface area contributed by atoms with Crippen LogP contribution in [0.15, 0.2) is 152 Å². The first kappa shape index (κ1) is 26.9. The van der Waals surface area contributed by atoms with Crippen molar-refractivity contribution in [2.75, 3.05) is 0 Å². The lowest BCUT2D eigenvalue weighted by molar-refractivity contribution is 0.593. The Balaban J connectivity index is 1.44. The van der Waals surface area contributed by atoms with E-state index in [2.05, 4.69) is 172 Å². The van der Waals surface area contributed by atoms with Gasteiger partial charge in [0.2, 0.25) is 0 Å². The highest BCUT2D eigenvalue weighted by atomic mass is 14.3. The molecule has 218 valence electrons. The molecule has 0 heterocycles. The molecule has 46 heavy (non-hydrogen) atoms. The predicted molar refractivity (Wildman–Crippen MR) is 198 cm³/mol. The van der Waals surface area contributed by atoms with Crippen LogP contribution < -0.4 is 0 Å². The first-order valence-electron chi connectivity index (χ1n) is 16.3. The zero-order chi connectivity index (χ0) is 31.0. The monoisotopic (exact) mass is 586 g/mol. The van der Waals surface area contributed by atoms with E-state index >= 15 is 0 Å². The lowest BCUT2D eigenvalue weighted by Crippen LogP contribution is -2.13. The summed E-state index contributed by atoms with van der Waals surface area (Å²) in [6.07, 6.45) is 0. The van der Waals surface area contributed by atoms with E-state index in [1.807, 2.05) is 0 Å². The SMILES string of the molecule is CC(C)(C)c1cc2ccccc2cc1-c1ccc2c3c(cccc13)-c1c-2c(-c2ccccc2)c2ccccc2c1-c1ccccc1. The second-order valence-electron chi connectivity index (χ2n) is 13.7. The first-order chi connectivity index (χ1) is 22.5. The zero-order valence-electron chi connectivity index (χ0n) is 26.4. The minimum atomic E-state index is -0.0101. The molecule has 8 aromatic carbocycles. The number of hydrogen-bond acceptors (Lipinski definition) is 0. The van der Waals surface area contributed by atoms with E-state index in [1.165, 1.54) is 93.5 Å². The molecule has 0 amide bonds. The molecule has 0 atom stereocenters. The summed E-state index contributed by atoms with van der Waals surface area (Å²) in [7, 11) is 0. The summed E-state index contributed by atoms with van der Waals surface area (Å²) in [5, 5.41) is 7.82. The predicted octanol–water partition coefficient (Wildman–Crippen LogP) is 13.1. The highest BCUT2D eigenvalue weighted by Gasteiger charge is 2.31. The normalized spacial score (nSPS) is 12.2. The van der Waals surface area contributed by atoms with Crippen molar-refractivity contribution in [1.82, 2.24) is 0 Å². The van der Waals surface area contributed by atoms with E-state index in [4.69, 9.17) is 0 Å². The van der Waals surface area contributed by atoms with Gasteiger partial charge in [-0.05, 0) is 105 Å². The Kier molecular flexibility index (Phi) is 5.86. The fourth-order valence-corrected chi connectivity index (χ4v) is 7.93. The van der Waals surface area contributed by atoms with E-state index in [-0.39, 0.29) is 5.41 Å². The topological polar surface area (TPSA) is 0 Å². The highest BCUT2D eigenvalue weighted by Crippen LogP contribution is 2.58. The molecule has 8 aromatic rings. The van der Waals surface area contributed by atoms with Gasteiger partial charge < -0.3 is 0 Å². The molecule has 1 aliphatic rings. The molecular weight excluding hydrogens is 553 g/mol. The average molecular weight is 587 g/mol. The maximum absolute atomic E-state index is 2.42. The van der Waals surface area contributed by atoms with E-state index in [0.717, 1.165) is 0 Å². The lowest BCUT2D eigenvalue weighted by Gasteiger charge is -2.25. The number of fused-ring (bicyclic) bond motifs is 5. The largest absolute Gasteiger partial charge is 0.0622 e. The van der Waals surface area contributed by atoms with Crippen molar-refractivity contribution >= 4 is 32.3 Å². The van der Waals surface area contributed by atoms with Crippen LogP contribution in [0.25, 0.3) is 88.0 Å². The molecule has 0 heteroatoms. The molecule has 0 N–H and O–H groups in total. The van der Waals surface area contributed by atoms with Crippen LogP contribution in [0.3, 0.4) is 0 Å². The fraction of sp³-hybridized carbons (Fsp3) is 0.0870. The molecule has 0 spiro atoms. The van der Waals surface area contributed by atoms with Crippen molar-refractivity contribution in [2.24, 2.45) is 0 Å². The van der Waals surface area contributed by atoms with Gasteiger partial charge in [0, 0.05) is 0 Å². The summed E-state index contributed by atoms with van der Waals surface area (Å²) in [6, 6.07) is 56.3. The van der Waals surface area contributed by atoms with Crippen molar-refractivity contribution in [1.29, 1.82) is 0 Å². The van der Waals surface area contributed by atoms with E-state index < -0.39 is 0 Å². The molecular formula is C46H34. The van der Waals surface area contributed by atoms with Crippen LogP contribution in [0.5, 0.6) is 0 Å². The molecule has 0 saturated carbocycles. The smallest absolute Gasteiger partial charge is 0.000741 e. The van der Waals surface area contributed by atoms with Crippen molar-refractivity contribution in [3.8, 4) is 55.6 Å². The molecule has 0 radical (unpaired) electrons. The van der Waals surface area contributed by atoms with Gasteiger partial charge in [0.1, 0.15) is 0 Å². The van der Waals surface area contributed by atoms with Crippen LogP contribution in [0.2, 0.25) is 0 Å². The summed E-state index contributed by atoms with van der Waals surface area (Å²) in [5.41, 5.74) is 14.5. The Labute approximate surface area is 270 Å². The Hall–Kier alpha value is -5.46. The molecule has 1 aliphatic carbocycles. The molecule has 0 aromatic heterocycles. The van der Waals surface area contributed by atoms with E-state index in [1.54, 1.807) is 0 Å². The summed E-state index contributed by atoms with van der Waals surface area (Å²) < 4.78 is 0. The molecule has 0 fully saturated rings. The van der Waals surface area contributed by atoms with E-state index in [9.17, 15) is 0 Å². The van der Waals surface area contributed by atoms with Gasteiger partial charge in [0.15, 0.2) is 0 Å². The number of hydrogen-bond donors (Lipinski definition) is 0. The summed E-state index contributed by atoms with van der Waals surface area (Å²) in [5.74, 6) is 0. The highest BCUT2D eigenvalue weighted by molar-refractivity contribution is 6.28. The Morgan fingerprint density at radius 1 is 0.348 bits per heavy atom. The third-order valence-electron chi connectivity index (χ3n) is 9.90. The molecule has 0 unspecified atom stereocenters. The fourth-order valence-electron chi connectivity index (χ4n) is 7.93. The number of benzene rings is 8. The van der Waals surface area contributed by atoms with Crippen LogP contribution in [0.1, 0.15) is 26.3 Å². The Bertz CT molecular complexity index is 2380. The second kappa shape index (κ2) is 10.0. The van der Waals surface area contributed by atoms with Gasteiger partial charge in [-0.1, -0.05) is 166 Å². The minimum Gasteiger partial charge on any atom is -0.0622 e. The lowest BCUT2D eigenvalue weighted by atomic mass is 9.79. The van der Waals surface area contributed by atoms with Gasteiger partial charge in [-0.15, -0.1) is 0 Å². The molecule has 0 nitrogen and oxygen atoms in total. The van der Waals surface area contributed by atoms with Crippen molar-refractivity contribution in [3.05, 3.63) is 157 Å². The van der Waals surface area contributed by atoms with Gasteiger partial charge in [0.25, 0.3) is 0 Å². The molecule has 9 rings (SSSR count). The Morgan fingerprint density at radius 2 is 0.826 bits per heavy atom. The quantitative estimate of drug-likeness (QED) is 0.193. The van der Waals surface area contributed by atoms with Gasteiger partial charge in [0.05, 0.1) is 0 Å². The molecule has 0 aliphatic heterocycles. The van der Waals surface area contributed by atoms with E-state index in [0.29, 0.717) is 0 Å². The first-order valence-corrected chi connectivity index (χ1v) is 16.3. The van der Waals surface area contributed by atoms with Crippen LogP contribution in [-0.4, -0.2) is 0 Å². The maximum Gasteiger partial charge on any atom is -0.000741 e. The third kappa shape index (κ3) is 3.93. The van der Waals surface area contributed by atoms with Crippen LogP contribution in [-0.2, 0) is 5.41 Å². The van der Waals surface area contributed by atoms with Crippen molar-refractivity contribution in [2.45, 2.75) is 26.2 Å².